The second-order valence-corrected chi connectivity index (χ2v) is 3.45. The van der Waals surface area contributed by atoms with Crippen molar-refractivity contribution in [3.8, 4) is 0 Å². The highest BCUT2D eigenvalue weighted by molar-refractivity contribution is 7.80. The quantitative estimate of drug-likeness (QED) is 0.627. The zero-order chi connectivity index (χ0) is 8.27. The fourth-order valence-corrected chi connectivity index (χ4v) is 1.85. The van der Waals surface area contributed by atoms with Crippen molar-refractivity contribution in [2.24, 2.45) is 5.92 Å². The van der Waals surface area contributed by atoms with E-state index in [0.717, 1.165) is 17.6 Å². The lowest BCUT2D eigenvalue weighted by atomic mass is 9.95. The van der Waals surface area contributed by atoms with Crippen molar-refractivity contribution >= 4 is 17.3 Å². The number of hydrogen-bond donors (Lipinski definition) is 2. The van der Waals surface area contributed by atoms with Gasteiger partial charge in [0.1, 0.15) is 0 Å². The van der Waals surface area contributed by atoms with E-state index < -0.39 is 0 Å². The summed E-state index contributed by atoms with van der Waals surface area (Å²) >= 11 is 4.99. The average molecular weight is 172 g/mol. The Morgan fingerprint density at radius 2 is 2.18 bits per heavy atom. The smallest absolute Gasteiger partial charge is 0.166 e. The van der Waals surface area contributed by atoms with Gasteiger partial charge < -0.3 is 10.6 Å². The molecule has 1 saturated heterocycles. The molecular weight excluding hydrogens is 156 g/mol. The van der Waals surface area contributed by atoms with Gasteiger partial charge in [0.25, 0.3) is 0 Å². The lowest BCUT2D eigenvalue weighted by molar-refractivity contribution is 0.389. The first kappa shape index (κ1) is 8.78. The molecule has 0 bridgehead atoms. The summed E-state index contributed by atoms with van der Waals surface area (Å²) in [5.74, 6) is 0.767. The maximum absolute atomic E-state index is 4.99. The molecule has 0 aliphatic carbocycles. The van der Waals surface area contributed by atoms with Crippen LogP contribution in [0.3, 0.4) is 0 Å². The molecular formula is C8H16N2S. The minimum atomic E-state index is 0.567. The maximum atomic E-state index is 4.99. The molecule has 3 heteroatoms. The SMILES string of the molecule is CCC(CC)C1CNC(=S)N1. The zero-order valence-electron chi connectivity index (χ0n) is 7.18. The van der Waals surface area contributed by atoms with E-state index in [4.69, 9.17) is 12.2 Å². The van der Waals surface area contributed by atoms with Crippen molar-refractivity contribution in [2.75, 3.05) is 6.54 Å². The summed E-state index contributed by atoms with van der Waals surface area (Å²) in [6.45, 7) is 5.47. The lowest BCUT2D eigenvalue weighted by Crippen LogP contribution is -2.33. The van der Waals surface area contributed by atoms with Gasteiger partial charge in [0.2, 0.25) is 0 Å². The van der Waals surface area contributed by atoms with Crippen molar-refractivity contribution in [2.45, 2.75) is 32.7 Å². The highest BCUT2D eigenvalue weighted by atomic mass is 32.1. The molecule has 1 rings (SSSR count). The maximum Gasteiger partial charge on any atom is 0.166 e. The molecule has 1 atom stereocenters. The molecule has 0 saturated carbocycles. The van der Waals surface area contributed by atoms with Crippen LogP contribution in [0.1, 0.15) is 26.7 Å². The molecule has 1 fully saturated rings. The van der Waals surface area contributed by atoms with Crippen molar-refractivity contribution in [1.29, 1.82) is 0 Å². The molecule has 2 N–H and O–H groups in total. The molecule has 1 aliphatic rings. The molecule has 0 spiro atoms. The summed E-state index contributed by atoms with van der Waals surface area (Å²) in [7, 11) is 0. The Morgan fingerprint density at radius 3 is 2.55 bits per heavy atom. The Bertz CT molecular complexity index is 143. The Kier molecular flexibility index (Phi) is 3.12. The molecule has 0 aromatic carbocycles. The predicted molar refractivity (Wildman–Crippen MR) is 51.6 cm³/mol. The Morgan fingerprint density at radius 1 is 1.55 bits per heavy atom. The van der Waals surface area contributed by atoms with E-state index in [1.54, 1.807) is 0 Å². The van der Waals surface area contributed by atoms with Gasteiger partial charge in [-0.25, -0.2) is 0 Å². The van der Waals surface area contributed by atoms with E-state index in [9.17, 15) is 0 Å². The van der Waals surface area contributed by atoms with Gasteiger partial charge in [-0.1, -0.05) is 26.7 Å². The van der Waals surface area contributed by atoms with Crippen LogP contribution in [-0.4, -0.2) is 17.7 Å². The van der Waals surface area contributed by atoms with Crippen molar-refractivity contribution in [1.82, 2.24) is 10.6 Å². The third kappa shape index (κ3) is 2.06. The van der Waals surface area contributed by atoms with Crippen molar-refractivity contribution < 1.29 is 0 Å². The third-order valence-corrected chi connectivity index (χ3v) is 2.68. The second-order valence-electron chi connectivity index (χ2n) is 3.04. The molecule has 64 valence electrons. The number of rotatable bonds is 3. The minimum absolute atomic E-state index is 0.567. The zero-order valence-corrected chi connectivity index (χ0v) is 8.00. The van der Waals surface area contributed by atoms with Crippen LogP contribution in [0.2, 0.25) is 0 Å². The first-order valence-corrected chi connectivity index (χ1v) is 4.73. The lowest BCUT2D eigenvalue weighted by Gasteiger charge is -2.19. The molecule has 1 unspecified atom stereocenters. The van der Waals surface area contributed by atoms with Crippen LogP contribution in [0.15, 0.2) is 0 Å². The van der Waals surface area contributed by atoms with E-state index in [0.29, 0.717) is 6.04 Å². The van der Waals surface area contributed by atoms with Gasteiger partial charge in [-0.05, 0) is 18.1 Å². The third-order valence-electron chi connectivity index (χ3n) is 2.42. The van der Waals surface area contributed by atoms with Crippen LogP contribution >= 0.6 is 12.2 Å². The van der Waals surface area contributed by atoms with Gasteiger partial charge >= 0.3 is 0 Å². The van der Waals surface area contributed by atoms with Crippen LogP contribution in [0.4, 0.5) is 0 Å². The standard InChI is InChI=1S/C8H16N2S/c1-3-6(4-2)7-5-9-8(11)10-7/h6-7H,3-5H2,1-2H3,(H2,9,10,11). The summed E-state index contributed by atoms with van der Waals surface area (Å²) in [6.07, 6.45) is 2.47. The van der Waals surface area contributed by atoms with Gasteiger partial charge in [-0.3, -0.25) is 0 Å². The summed E-state index contributed by atoms with van der Waals surface area (Å²) in [5, 5.41) is 7.24. The normalized spacial score (nSPS) is 23.5. The van der Waals surface area contributed by atoms with Gasteiger partial charge in [0.05, 0.1) is 0 Å². The monoisotopic (exact) mass is 172 g/mol. The number of hydrogen-bond acceptors (Lipinski definition) is 1. The highest BCUT2D eigenvalue weighted by Gasteiger charge is 2.23. The summed E-state index contributed by atoms with van der Waals surface area (Å²) in [6, 6.07) is 0.567. The molecule has 2 nitrogen and oxygen atoms in total. The topological polar surface area (TPSA) is 24.1 Å². The van der Waals surface area contributed by atoms with Gasteiger partial charge in [0, 0.05) is 12.6 Å². The fraction of sp³-hybridized carbons (Fsp3) is 0.875. The first-order chi connectivity index (χ1) is 5.27. The molecule has 0 amide bonds. The molecule has 1 aliphatic heterocycles. The van der Waals surface area contributed by atoms with Crippen LogP contribution in [0.25, 0.3) is 0 Å². The summed E-state index contributed by atoms with van der Waals surface area (Å²) in [5.41, 5.74) is 0. The van der Waals surface area contributed by atoms with Crippen LogP contribution in [0.5, 0.6) is 0 Å². The Balaban J connectivity index is 2.40. The largest absolute Gasteiger partial charge is 0.361 e. The molecule has 0 radical (unpaired) electrons. The summed E-state index contributed by atoms with van der Waals surface area (Å²) in [4.78, 5) is 0. The predicted octanol–water partition coefficient (Wildman–Crippen LogP) is 1.27. The number of nitrogens with one attached hydrogen (secondary N) is 2. The molecule has 0 aromatic rings. The Labute approximate surface area is 73.7 Å². The van der Waals surface area contributed by atoms with Crippen molar-refractivity contribution in [3.63, 3.8) is 0 Å². The Hall–Kier alpha value is -0.310. The van der Waals surface area contributed by atoms with E-state index in [-0.39, 0.29) is 0 Å². The van der Waals surface area contributed by atoms with Gasteiger partial charge in [-0.2, -0.15) is 0 Å². The van der Waals surface area contributed by atoms with Gasteiger partial charge in [0.15, 0.2) is 5.11 Å². The average Bonchev–Trinajstić information content (AvgIpc) is 2.39. The first-order valence-electron chi connectivity index (χ1n) is 4.32. The minimum Gasteiger partial charge on any atom is -0.361 e. The fourth-order valence-electron chi connectivity index (χ4n) is 1.62. The van der Waals surface area contributed by atoms with E-state index >= 15 is 0 Å². The van der Waals surface area contributed by atoms with E-state index in [1.165, 1.54) is 12.8 Å². The van der Waals surface area contributed by atoms with Crippen LogP contribution < -0.4 is 10.6 Å². The summed E-state index contributed by atoms with van der Waals surface area (Å²) < 4.78 is 0. The second kappa shape index (κ2) is 3.90. The van der Waals surface area contributed by atoms with Crippen LogP contribution in [0, 0.1) is 5.92 Å². The van der Waals surface area contributed by atoms with Crippen molar-refractivity contribution in [3.05, 3.63) is 0 Å². The van der Waals surface area contributed by atoms with E-state index in [1.807, 2.05) is 0 Å². The van der Waals surface area contributed by atoms with Gasteiger partial charge in [-0.15, -0.1) is 0 Å². The van der Waals surface area contributed by atoms with Crippen LogP contribution in [-0.2, 0) is 0 Å². The molecule has 11 heavy (non-hydrogen) atoms. The molecule has 1 heterocycles. The number of thiocarbonyl (C=S) groups is 1. The molecule has 0 aromatic heterocycles. The highest BCUT2D eigenvalue weighted by Crippen LogP contribution is 2.14. The van der Waals surface area contributed by atoms with E-state index in [2.05, 4.69) is 24.5 Å².